The highest BCUT2D eigenvalue weighted by atomic mass is 16.5. The zero-order valence-electron chi connectivity index (χ0n) is 16.6. The molecule has 0 heterocycles. The van der Waals surface area contributed by atoms with Crippen molar-refractivity contribution < 1.29 is 19.1 Å². The number of carbonyl (C=O) groups is 2. The molecule has 0 N–H and O–H groups in total. The van der Waals surface area contributed by atoms with Crippen molar-refractivity contribution >= 4 is 11.8 Å². The summed E-state index contributed by atoms with van der Waals surface area (Å²) in [5.74, 6) is -0.0444. The van der Waals surface area contributed by atoms with Gasteiger partial charge in [-0.15, -0.1) is 0 Å². The number of ketones is 1. The number of hydrogen-bond donors (Lipinski definition) is 0. The van der Waals surface area contributed by atoms with Gasteiger partial charge in [0.15, 0.2) is 6.10 Å². The Balaban J connectivity index is 1.67. The van der Waals surface area contributed by atoms with Gasteiger partial charge in [0.2, 0.25) is 5.78 Å². The van der Waals surface area contributed by atoms with Crippen LogP contribution in [0.4, 0.5) is 0 Å². The quantitative estimate of drug-likeness (QED) is 0.390. The maximum atomic E-state index is 12.7. The second kappa shape index (κ2) is 9.69. The van der Waals surface area contributed by atoms with Gasteiger partial charge in [0.1, 0.15) is 12.4 Å². The first-order chi connectivity index (χ1) is 14.1. The molecular formula is C25H24O4. The molecule has 0 bridgehead atoms. The Hall–Kier alpha value is -3.40. The summed E-state index contributed by atoms with van der Waals surface area (Å²) in [4.78, 5) is 25.3. The lowest BCUT2D eigenvalue weighted by Gasteiger charge is -2.15. The summed E-state index contributed by atoms with van der Waals surface area (Å²) in [5.41, 5.74) is 2.78. The molecule has 29 heavy (non-hydrogen) atoms. The van der Waals surface area contributed by atoms with Crippen LogP contribution in [0.3, 0.4) is 0 Å². The summed E-state index contributed by atoms with van der Waals surface area (Å²) >= 11 is 0. The van der Waals surface area contributed by atoms with E-state index in [1.54, 1.807) is 31.2 Å². The van der Waals surface area contributed by atoms with E-state index in [1.807, 2.05) is 54.6 Å². The molecule has 3 aromatic carbocycles. The van der Waals surface area contributed by atoms with E-state index in [1.165, 1.54) is 0 Å². The van der Waals surface area contributed by atoms with Crippen LogP contribution < -0.4 is 4.74 Å². The van der Waals surface area contributed by atoms with Gasteiger partial charge >= 0.3 is 5.97 Å². The van der Waals surface area contributed by atoms with Gasteiger partial charge in [0, 0.05) is 11.1 Å². The Morgan fingerprint density at radius 2 is 1.52 bits per heavy atom. The summed E-state index contributed by atoms with van der Waals surface area (Å²) in [5, 5.41) is 0. The van der Waals surface area contributed by atoms with Gasteiger partial charge in [0.25, 0.3) is 0 Å². The van der Waals surface area contributed by atoms with Gasteiger partial charge < -0.3 is 9.47 Å². The average molecular weight is 388 g/mol. The van der Waals surface area contributed by atoms with Crippen molar-refractivity contribution in [2.24, 2.45) is 0 Å². The number of para-hydroxylation sites is 1. The largest absolute Gasteiger partial charge is 0.489 e. The molecule has 0 radical (unpaired) electrons. The average Bonchev–Trinajstić information content (AvgIpc) is 2.78. The third kappa shape index (κ3) is 5.32. The first kappa shape index (κ1) is 20.3. The van der Waals surface area contributed by atoms with Crippen LogP contribution in [-0.4, -0.2) is 17.9 Å². The van der Waals surface area contributed by atoms with Crippen molar-refractivity contribution in [3.05, 3.63) is 101 Å². The highest BCUT2D eigenvalue weighted by Gasteiger charge is 2.22. The highest BCUT2D eigenvalue weighted by Crippen LogP contribution is 2.17. The predicted molar refractivity (Wildman–Crippen MR) is 112 cm³/mol. The van der Waals surface area contributed by atoms with Gasteiger partial charge in [-0.2, -0.15) is 0 Å². The first-order valence-electron chi connectivity index (χ1n) is 9.68. The summed E-state index contributed by atoms with van der Waals surface area (Å²) in [6.45, 7) is 3.88. The van der Waals surface area contributed by atoms with Gasteiger partial charge in [-0.05, 0) is 37.1 Å². The third-order valence-electron chi connectivity index (χ3n) is 4.67. The number of aryl methyl sites for hydroxylation is 1. The van der Waals surface area contributed by atoms with Crippen molar-refractivity contribution in [1.29, 1.82) is 0 Å². The Morgan fingerprint density at radius 3 is 2.21 bits per heavy atom. The molecule has 0 amide bonds. The Bertz CT molecular complexity index is 962. The van der Waals surface area contributed by atoms with Crippen LogP contribution >= 0.6 is 0 Å². The van der Waals surface area contributed by atoms with E-state index in [4.69, 9.17) is 9.47 Å². The molecule has 0 aliphatic heterocycles. The van der Waals surface area contributed by atoms with E-state index in [-0.39, 0.29) is 12.4 Å². The second-order valence-electron chi connectivity index (χ2n) is 6.72. The topological polar surface area (TPSA) is 52.6 Å². The first-order valence-corrected chi connectivity index (χ1v) is 9.68. The van der Waals surface area contributed by atoms with E-state index in [0.717, 1.165) is 17.7 Å². The Kier molecular flexibility index (Phi) is 6.80. The van der Waals surface area contributed by atoms with Crippen LogP contribution in [0.25, 0.3) is 0 Å². The monoisotopic (exact) mass is 388 g/mol. The minimum atomic E-state index is -0.877. The fraction of sp³-hybridized carbons (Fsp3) is 0.200. The van der Waals surface area contributed by atoms with Crippen LogP contribution in [0, 0.1) is 0 Å². The van der Waals surface area contributed by atoms with E-state index in [0.29, 0.717) is 16.7 Å². The van der Waals surface area contributed by atoms with Crippen LogP contribution in [0.5, 0.6) is 5.75 Å². The van der Waals surface area contributed by atoms with Crippen LogP contribution in [0.15, 0.2) is 78.9 Å². The lowest BCUT2D eigenvalue weighted by atomic mass is 10.0. The number of carbonyl (C=O) groups excluding carboxylic acids is 2. The normalized spacial score (nSPS) is 11.5. The van der Waals surface area contributed by atoms with Crippen LogP contribution in [0.2, 0.25) is 0 Å². The second-order valence-corrected chi connectivity index (χ2v) is 6.72. The van der Waals surface area contributed by atoms with Crippen molar-refractivity contribution in [2.45, 2.75) is 33.0 Å². The lowest BCUT2D eigenvalue weighted by molar-refractivity contribution is 0.0316. The van der Waals surface area contributed by atoms with Gasteiger partial charge in [-0.1, -0.05) is 67.6 Å². The molecule has 0 saturated heterocycles. The predicted octanol–water partition coefficient (Wildman–Crippen LogP) is 5.26. The molecule has 0 aliphatic carbocycles. The molecule has 3 aromatic rings. The van der Waals surface area contributed by atoms with Crippen molar-refractivity contribution in [3.8, 4) is 5.75 Å². The zero-order valence-corrected chi connectivity index (χ0v) is 16.6. The molecule has 1 atom stereocenters. The number of benzene rings is 3. The van der Waals surface area contributed by atoms with Crippen molar-refractivity contribution in [1.82, 2.24) is 0 Å². The van der Waals surface area contributed by atoms with Crippen LogP contribution in [0.1, 0.15) is 45.7 Å². The van der Waals surface area contributed by atoms with E-state index >= 15 is 0 Å². The molecule has 4 nitrogen and oxygen atoms in total. The molecule has 0 unspecified atom stereocenters. The maximum Gasteiger partial charge on any atom is 0.339 e. The minimum Gasteiger partial charge on any atom is -0.489 e. The van der Waals surface area contributed by atoms with Gasteiger partial charge in [-0.25, -0.2) is 4.79 Å². The fourth-order valence-electron chi connectivity index (χ4n) is 2.94. The zero-order chi connectivity index (χ0) is 20.6. The number of ether oxygens (including phenoxy) is 2. The maximum absolute atomic E-state index is 12.7. The molecule has 0 spiro atoms. The SMILES string of the molecule is CCc1ccc(C(=O)[C@H](C)OC(=O)c2ccccc2COc2ccccc2)cc1. The molecule has 4 heteroatoms. The van der Waals surface area contributed by atoms with E-state index < -0.39 is 12.1 Å². The van der Waals surface area contributed by atoms with Crippen LogP contribution in [-0.2, 0) is 17.8 Å². The molecular weight excluding hydrogens is 364 g/mol. The lowest BCUT2D eigenvalue weighted by Crippen LogP contribution is -2.25. The molecule has 0 aliphatic rings. The smallest absolute Gasteiger partial charge is 0.339 e. The molecule has 0 saturated carbocycles. The summed E-state index contributed by atoms with van der Waals surface area (Å²) < 4.78 is 11.2. The number of hydrogen-bond acceptors (Lipinski definition) is 4. The standard InChI is InChI=1S/C25H24O4/c1-3-19-13-15-20(16-14-19)24(26)18(2)29-25(27)23-12-8-7-9-21(23)17-28-22-10-5-4-6-11-22/h4-16,18H,3,17H2,1-2H3/t18-/m0/s1. The number of esters is 1. The number of rotatable bonds is 8. The molecule has 0 fully saturated rings. The Morgan fingerprint density at radius 1 is 0.862 bits per heavy atom. The molecule has 148 valence electrons. The van der Waals surface area contributed by atoms with E-state index in [2.05, 4.69) is 6.92 Å². The summed E-state index contributed by atoms with van der Waals surface area (Å²) in [6, 6.07) is 23.9. The molecule has 3 rings (SSSR count). The minimum absolute atomic E-state index is 0.223. The van der Waals surface area contributed by atoms with Crippen molar-refractivity contribution in [2.75, 3.05) is 0 Å². The number of Topliss-reactive ketones (excluding diaryl/α,β-unsaturated/α-hetero) is 1. The summed E-state index contributed by atoms with van der Waals surface area (Å²) in [6.07, 6.45) is 0.0268. The highest BCUT2D eigenvalue weighted by molar-refractivity contribution is 6.01. The summed E-state index contributed by atoms with van der Waals surface area (Å²) in [7, 11) is 0. The van der Waals surface area contributed by atoms with E-state index in [9.17, 15) is 9.59 Å². The Labute approximate surface area is 171 Å². The molecule has 0 aromatic heterocycles. The van der Waals surface area contributed by atoms with Crippen molar-refractivity contribution in [3.63, 3.8) is 0 Å². The fourth-order valence-corrected chi connectivity index (χ4v) is 2.94. The van der Waals surface area contributed by atoms with Gasteiger partial charge in [-0.3, -0.25) is 4.79 Å². The third-order valence-corrected chi connectivity index (χ3v) is 4.67. The van der Waals surface area contributed by atoms with Gasteiger partial charge in [0.05, 0.1) is 5.56 Å².